The minimum absolute atomic E-state index is 0.0532. The van der Waals surface area contributed by atoms with E-state index in [1.807, 2.05) is 0 Å². The second-order valence-corrected chi connectivity index (χ2v) is 12.1. The lowest BCUT2D eigenvalue weighted by Crippen LogP contribution is -2.48. The van der Waals surface area contributed by atoms with Crippen LogP contribution < -0.4 is 5.43 Å². The van der Waals surface area contributed by atoms with E-state index in [1.54, 1.807) is 0 Å². The molecule has 0 spiro atoms. The molecule has 278 valence electrons. The number of aromatic nitrogens is 1. The van der Waals surface area contributed by atoms with E-state index in [9.17, 15) is 32.0 Å². The first-order valence-electron chi connectivity index (χ1n) is 24.1. The fourth-order valence-corrected chi connectivity index (χ4v) is 5.75. The second kappa shape index (κ2) is 16.7. The van der Waals surface area contributed by atoms with Gasteiger partial charge >= 0.3 is 6.18 Å². The number of amides is 1. The first-order chi connectivity index (χ1) is 32.0. The van der Waals surface area contributed by atoms with Crippen LogP contribution in [0, 0.1) is 18.6 Å². The number of piperidine rings is 1. The third-order valence-electron chi connectivity index (χ3n) is 7.66. The van der Waals surface area contributed by atoms with E-state index >= 15 is 9.18 Å². The van der Waals surface area contributed by atoms with E-state index in [1.165, 1.54) is 0 Å². The normalized spacial score (nSPS) is 23.8. The van der Waals surface area contributed by atoms with Gasteiger partial charge in [-0.2, -0.15) is 13.2 Å². The zero-order valence-electron chi connectivity index (χ0n) is 44.8. The van der Waals surface area contributed by atoms with E-state index in [0.717, 1.165) is 74.7 Å². The van der Waals surface area contributed by atoms with Gasteiger partial charge in [0.05, 0.1) is 32.3 Å². The zero-order chi connectivity index (χ0) is 52.9. The van der Waals surface area contributed by atoms with Gasteiger partial charge in [-0.25, -0.2) is 8.78 Å². The number of ether oxygens (including phenoxy) is 1. The van der Waals surface area contributed by atoms with E-state index in [-0.39, 0.29) is 33.4 Å². The van der Waals surface area contributed by atoms with E-state index in [0.29, 0.717) is 10.6 Å². The number of rotatable bonds is 12. The molecular weight excluding hydrogens is 710 g/mol. The zero-order valence-corrected chi connectivity index (χ0v) is 28.7. The summed E-state index contributed by atoms with van der Waals surface area (Å²) in [5.74, 6) is -5.29. The number of likely N-dealkylation sites (tertiary alicyclic amines) is 1. The van der Waals surface area contributed by atoms with E-state index in [2.05, 4.69) is 0 Å². The van der Waals surface area contributed by atoms with Crippen molar-refractivity contribution in [3.8, 4) is 11.1 Å². The summed E-state index contributed by atoms with van der Waals surface area (Å²) >= 11 is -0.234. The number of alkyl halides is 3. The Morgan fingerprint density at radius 1 is 1.04 bits per heavy atom. The van der Waals surface area contributed by atoms with Gasteiger partial charge in [0, 0.05) is 75.6 Å². The van der Waals surface area contributed by atoms with E-state index < -0.39 is 154 Å². The maximum Gasteiger partial charge on any atom is 0.416 e. The second-order valence-electron chi connectivity index (χ2n) is 11.3. The van der Waals surface area contributed by atoms with Crippen LogP contribution in [0.3, 0.4) is 0 Å². The summed E-state index contributed by atoms with van der Waals surface area (Å²) in [6.45, 7) is -13.5. The van der Waals surface area contributed by atoms with Crippen LogP contribution in [0.15, 0.2) is 101 Å². The lowest BCUT2D eigenvalue weighted by Gasteiger charge is -2.39. The Labute approximate surface area is 333 Å². The number of fused-ring (bicyclic) bond motifs is 1. The maximum absolute atomic E-state index is 15.5. The number of carbonyl (C=O) groups is 1. The van der Waals surface area contributed by atoms with Crippen molar-refractivity contribution in [1.82, 2.24) is 14.4 Å². The summed E-state index contributed by atoms with van der Waals surface area (Å²) in [5, 5.41) is -1.89. The average molecular weight is 767 g/mol. The van der Waals surface area contributed by atoms with Gasteiger partial charge in [-0.05, 0) is 66.6 Å². The Morgan fingerprint density at radius 3 is 2.38 bits per heavy atom. The summed E-state index contributed by atoms with van der Waals surface area (Å²) in [4.78, 5) is 29.1. The van der Waals surface area contributed by atoms with Crippen molar-refractivity contribution in [3.63, 3.8) is 0 Å². The molecule has 1 saturated heterocycles. The van der Waals surface area contributed by atoms with Crippen LogP contribution in [0.1, 0.15) is 58.3 Å². The molecular formula is C41H40F5N3O3S. The predicted molar refractivity (Wildman–Crippen MR) is 198 cm³/mol. The minimum atomic E-state index is -4.70. The smallest absolute Gasteiger partial charge is 0.383 e. The van der Waals surface area contributed by atoms with Crippen molar-refractivity contribution in [3.05, 3.63) is 135 Å². The molecule has 5 aromatic rings. The Kier molecular flexibility index (Phi) is 6.91. The SMILES string of the molecule is [2H]c1c(C)c([2H])c2c(=O)c([2H])c(SC([2H])([2H])c3cccc(F)c3F)n(CC(=O)N(C([2H])([2H])c3ccc(-c4ccc(C(F)(F)F)cc4)cc3)C3([2H])C([2H])([2H])C([2H])([2H])N(CCOC)C([2H])([2H])C3([2H])[2H])c2c1[2H]. The van der Waals surface area contributed by atoms with Crippen molar-refractivity contribution in [1.29, 1.82) is 0 Å². The van der Waals surface area contributed by atoms with Gasteiger partial charge in [-0.3, -0.25) is 9.59 Å². The van der Waals surface area contributed by atoms with Crippen LogP contribution in [-0.2, 0) is 34.5 Å². The van der Waals surface area contributed by atoms with Crippen molar-refractivity contribution < 1.29 is 54.8 Å². The Bertz CT molecular complexity index is 2910. The number of carbonyl (C=O) groups excluding carboxylic acids is 1. The Morgan fingerprint density at radius 2 is 1.72 bits per heavy atom. The van der Waals surface area contributed by atoms with Crippen molar-refractivity contribution in [2.75, 3.05) is 33.3 Å². The standard InChI is InChI=1S/C41H40F5N3O3S/c1-27-6-15-36-34(22-27)37(50)23-39(53-26-31-4-3-5-35(42)40(31)43)49(36)25-38(51)48(33-16-18-47(19-17-33)20-21-52-2)24-28-7-9-29(10-8-28)30-11-13-32(14-12-30)41(44,45)46/h3-15,22-23,33H,16-21,24-26H2,1-2H3/i6D,15D,16D2,17D2,18D2,19D2,22D,23D,24D2,26D2,33D. The quantitative estimate of drug-likeness (QED) is 0.0940. The highest BCUT2D eigenvalue weighted by Gasteiger charge is 2.31. The third kappa shape index (κ3) is 9.17. The number of thioether (sulfide) groups is 1. The van der Waals surface area contributed by atoms with Crippen LogP contribution in [0.4, 0.5) is 22.0 Å². The summed E-state index contributed by atoms with van der Waals surface area (Å²) in [5.41, 5.74) is -8.35. The number of hydrogen-bond acceptors (Lipinski definition) is 5. The van der Waals surface area contributed by atoms with Crippen molar-refractivity contribution in [2.24, 2.45) is 0 Å². The molecule has 2 heterocycles. The monoisotopic (exact) mass is 766 g/mol. The minimum Gasteiger partial charge on any atom is -0.383 e. The molecule has 12 heteroatoms. The Balaban J connectivity index is 1.67. The molecule has 0 N–H and O–H groups in total. The highest BCUT2D eigenvalue weighted by atomic mass is 32.2. The Hall–Kier alpha value is -4.52. The van der Waals surface area contributed by atoms with Gasteiger partial charge in [-0.1, -0.05) is 60.1 Å². The molecule has 0 radical (unpaired) electrons. The molecule has 53 heavy (non-hydrogen) atoms. The number of halogens is 5. The summed E-state index contributed by atoms with van der Waals surface area (Å²) in [6, 6.07) is 1.83. The van der Waals surface area contributed by atoms with Crippen LogP contribution in [0.2, 0.25) is 0 Å². The predicted octanol–water partition coefficient (Wildman–Crippen LogP) is 8.71. The van der Waals surface area contributed by atoms with Crippen LogP contribution >= 0.6 is 11.8 Å². The lowest BCUT2D eigenvalue weighted by atomic mass is 10.00. The van der Waals surface area contributed by atoms with Gasteiger partial charge in [0.2, 0.25) is 5.91 Å². The highest BCUT2D eigenvalue weighted by Crippen LogP contribution is 2.32. The van der Waals surface area contributed by atoms with Gasteiger partial charge in [0.25, 0.3) is 0 Å². The largest absolute Gasteiger partial charge is 0.416 e. The molecule has 0 bridgehead atoms. The van der Waals surface area contributed by atoms with Gasteiger partial charge in [0.1, 0.15) is 6.54 Å². The first-order valence-corrected chi connectivity index (χ1v) is 16.5. The average Bonchev–Trinajstić information content (AvgIpc) is 3.27. The molecule has 6 rings (SSSR count). The van der Waals surface area contributed by atoms with E-state index in [4.69, 9.17) is 18.4 Å². The molecule has 1 aliphatic heterocycles. The van der Waals surface area contributed by atoms with Crippen LogP contribution in [-0.4, -0.2) is 59.5 Å². The number of nitrogens with zero attached hydrogens (tertiary/aromatic N) is 3. The summed E-state index contributed by atoms with van der Waals surface area (Å²) < 4.78 is 230. The van der Waals surface area contributed by atoms with Crippen molar-refractivity contribution in [2.45, 2.75) is 55.6 Å². The fraction of sp³-hybridized carbons (Fsp3) is 0.317. The van der Waals surface area contributed by atoms with Gasteiger partial charge < -0.3 is 19.1 Å². The number of methoxy groups -OCH3 is 1. The molecule has 0 saturated carbocycles. The molecule has 1 aliphatic rings. The molecule has 0 atom stereocenters. The fourth-order valence-electron chi connectivity index (χ4n) is 4.98. The molecule has 1 fully saturated rings. The molecule has 1 amide bonds. The summed E-state index contributed by atoms with van der Waals surface area (Å²) in [6.07, 6.45) is -13.1. The molecule has 4 aromatic carbocycles. The van der Waals surface area contributed by atoms with Gasteiger partial charge in [0.15, 0.2) is 17.1 Å². The number of pyridine rings is 1. The van der Waals surface area contributed by atoms with Crippen LogP contribution in [0.5, 0.6) is 0 Å². The molecule has 6 nitrogen and oxygen atoms in total. The number of benzene rings is 4. The first kappa shape index (κ1) is 22.0. The summed E-state index contributed by atoms with van der Waals surface area (Å²) in [7, 11) is 1.11. The number of hydrogen-bond donors (Lipinski definition) is 0. The highest BCUT2D eigenvalue weighted by molar-refractivity contribution is 7.98. The molecule has 0 unspecified atom stereocenters. The molecule has 0 aliphatic carbocycles. The lowest BCUT2D eigenvalue weighted by molar-refractivity contribution is -0.137. The third-order valence-corrected chi connectivity index (χ3v) is 8.50. The van der Waals surface area contributed by atoms with Crippen molar-refractivity contribution >= 4 is 28.6 Å². The molecule has 1 aromatic heterocycles. The van der Waals surface area contributed by atoms with Crippen LogP contribution in [0.25, 0.3) is 22.0 Å². The topological polar surface area (TPSA) is 54.8 Å². The van der Waals surface area contributed by atoms with Gasteiger partial charge in [-0.15, -0.1) is 11.8 Å². The maximum atomic E-state index is 15.5.